The van der Waals surface area contributed by atoms with Crippen LogP contribution in [0.2, 0.25) is 0 Å². The summed E-state index contributed by atoms with van der Waals surface area (Å²) in [6, 6.07) is 0. The van der Waals surface area contributed by atoms with E-state index < -0.39 is 5.54 Å². The monoisotopic (exact) mass is 214 g/mol. The second kappa shape index (κ2) is 5.47. The first-order valence-corrected chi connectivity index (χ1v) is 5.73. The molecule has 1 fully saturated rings. The molecule has 1 rings (SSSR count). The molecule has 0 aromatic rings. The Morgan fingerprint density at radius 3 is 2.67 bits per heavy atom. The van der Waals surface area contributed by atoms with Crippen molar-refractivity contribution in [2.75, 3.05) is 19.8 Å². The Hall–Kier alpha value is -0.610. The van der Waals surface area contributed by atoms with Gasteiger partial charge < -0.3 is 15.8 Å². The number of amides is 1. The van der Waals surface area contributed by atoms with Crippen molar-refractivity contribution in [3.63, 3.8) is 0 Å². The second-order valence-electron chi connectivity index (χ2n) is 4.49. The highest BCUT2D eigenvalue weighted by Gasteiger charge is 2.35. The molecule has 1 aliphatic rings. The third-order valence-corrected chi connectivity index (χ3v) is 3.15. The van der Waals surface area contributed by atoms with E-state index in [1.165, 1.54) is 0 Å². The highest BCUT2D eigenvalue weighted by Crippen LogP contribution is 2.17. The molecular weight excluding hydrogens is 192 g/mol. The van der Waals surface area contributed by atoms with Crippen LogP contribution in [0.1, 0.15) is 33.1 Å². The summed E-state index contributed by atoms with van der Waals surface area (Å²) in [6.07, 6.45) is 2.32. The maximum atomic E-state index is 11.8. The molecule has 0 aromatic heterocycles. The van der Waals surface area contributed by atoms with Gasteiger partial charge in [0.05, 0.1) is 5.54 Å². The Balaban J connectivity index is 2.37. The highest BCUT2D eigenvalue weighted by atomic mass is 16.5. The number of hydrogen-bond donors (Lipinski definition) is 2. The molecule has 1 saturated heterocycles. The van der Waals surface area contributed by atoms with Crippen molar-refractivity contribution in [3.8, 4) is 0 Å². The summed E-state index contributed by atoms with van der Waals surface area (Å²) in [7, 11) is 0. The lowest BCUT2D eigenvalue weighted by Gasteiger charge is -2.32. The van der Waals surface area contributed by atoms with Gasteiger partial charge in [0.1, 0.15) is 0 Å². The zero-order valence-electron chi connectivity index (χ0n) is 9.71. The van der Waals surface area contributed by atoms with Crippen molar-refractivity contribution >= 4 is 5.91 Å². The molecule has 88 valence electrons. The molecule has 1 heterocycles. The van der Waals surface area contributed by atoms with Gasteiger partial charge >= 0.3 is 0 Å². The van der Waals surface area contributed by atoms with Gasteiger partial charge in [-0.05, 0) is 18.8 Å². The summed E-state index contributed by atoms with van der Waals surface area (Å²) < 4.78 is 5.20. The SMILES string of the molecule is CCC(C)CNC(=O)C1(N)CCOCC1. The van der Waals surface area contributed by atoms with Crippen LogP contribution in [0, 0.1) is 5.92 Å². The molecule has 4 nitrogen and oxygen atoms in total. The van der Waals surface area contributed by atoms with Gasteiger partial charge in [-0.2, -0.15) is 0 Å². The quantitative estimate of drug-likeness (QED) is 0.722. The van der Waals surface area contributed by atoms with Crippen LogP contribution in [-0.2, 0) is 9.53 Å². The Morgan fingerprint density at radius 1 is 1.53 bits per heavy atom. The van der Waals surface area contributed by atoms with Crippen LogP contribution in [0.4, 0.5) is 0 Å². The van der Waals surface area contributed by atoms with Gasteiger partial charge in [-0.25, -0.2) is 0 Å². The predicted octanol–water partition coefficient (Wildman–Crippen LogP) is 0.657. The average molecular weight is 214 g/mol. The van der Waals surface area contributed by atoms with Gasteiger partial charge in [0, 0.05) is 19.8 Å². The standard InChI is InChI=1S/C11H22N2O2/c1-3-9(2)8-13-10(14)11(12)4-6-15-7-5-11/h9H,3-8,12H2,1-2H3,(H,13,14). The van der Waals surface area contributed by atoms with Gasteiger partial charge in [0.2, 0.25) is 5.91 Å². The summed E-state index contributed by atoms with van der Waals surface area (Å²) >= 11 is 0. The highest BCUT2D eigenvalue weighted by molar-refractivity contribution is 5.86. The number of hydrogen-bond acceptors (Lipinski definition) is 3. The summed E-state index contributed by atoms with van der Waals surface area (Å²) in [5.41, 5.74) is 5.34. The predicted molar refractivity (Wildman–Crippen MR) is 59.4 cm³/mol. The smallest absolute Gasteiger partial charge is 0.240 e. The molecule has 1 aliphatic heterocycles. The van der Waals surface area contributed by atoms with Crippen molar-refractivity contribution in [1.82, 2.24) is 5.32 Å². The second-order valence-corrected chi connectivity index (χ2v) is 4.49. The van der Waals surface area contributed by atoms with Crippen LogP contribution in [0.3, 0.4) is 0 Å². The zero-order valence-corrected chi connectivity index (χ0v) is 9.71. The largest absolute Gasteiger partial charge is 0.381 e. The molecular formula is C11H22N2O2. The van der Waals surface area contributed by atoms with E-state index in [2.05, 4.69) is 19.2 Å². The molecule has 0 saturated carbocycles. The van der Waals surface area contributed by atoms with Gasteiger partial charge in [0.25, 0.3) is 0 Å². The maximum absolute atomic E-state index is 11.8. The molecule has 0 aromatic carbocycles. The minimum absolute atomic E-state index is 0.0221. The van der Waals surface area contributed by atoms with Crippen LogP contribution in [0.25, 0.3) is 0 Å². The average Bonchev–Trinajstić information content (AvgIpc) is 2.26. The van der Waals surface area contributed by atoms with Gasteiger partial charge in [-0.1, -0.05) is 20.3 Å². The van der Waals surface area contributed by atoms with Crippen LogP contribution in [0.5, 0.6) is 0 Å². The van der Waals surface area contributed by atoms with E-state index in [4.69, 9.17) is 10.5 Å². The number of nitrogens with one attached hydrogen (secondary N) is 1. The van der Waals surface area contributed by atoms with E-state index in [0.29, 0.717) is 32.0 Å². The number of ether oxygens (including phenoxy) is 1. The molecule has 0 aliphatic carbocycles. The van der Waals surface area contributed by atoms with Crippen molar-refractivity contribution < 1.29 is 9.53 Å². The Bertz CT molecular complexity index is 213. The van der Waals surface area contributed by atoms with Crippen molar-refractivity contribution in [1.29, 1.82) is 0 Å². The number of nitrogens with two attached hydrogens (primary N) is 1. The maximum Gasteiger partial charge on any atom is 0.240 e. The first kappa shape index (κ1) is 12.5. The lowest BCUT2D eigenvalue weighted by molar-refractivity contribution is -0.129. The zero-order chi connectivity index (χ0) is 11.3. The molecule has 1 unspecified atom stereocenters. The summed E-state index contributed by atoms with van der Waals surface area (Å²) in [5, 5.41) is 2.92. The summed E-state index contributed by atoms with van der Waals surface area (Å²) in [4.78, 5) is 11.8. The fourth-order valence-corrected chi connectivity index (χ4v) is 1.55. The van der Waals surface area contributed by atoms with E-state index in [0.717, 1.165) is 13.0 Å². The van der Waals surface area contributed by atoms with Gasteiger partial charge in [-0.15, -0.1) is 0 Å². The molecule has 15 heavy (non-hydrogen) atoms. The first-order valence-electron chi connectivity index (χ1n) is 5.73. The van der Waals surface area contributed by atoms with Crippen LogP contribution >= 0.6 is 0 Å². The Labute approximate surface area is 91.5 Å². The molecule has 0 radical (unpaired) electrons. The third kappa shape index (κ3) is 3.47. The van der Waals surface area contributed by atoms with Crippen LogP contribution in [-0.4, -0.2) is 31.2 Å². The van der Waals surface area contributed by atoms with E-state index in [9.17, 15) is 4.79 Å². The molecule has 3 N–H and O–H groups in total. The number of rotatable bonds is 4. The topological polar surface area (TPSA) is 64.4 Å². The minimum Gasteiger partial charge on any atom is -0.381 e. The van der Waals surface area contributed by atoms with Gasteiger partial charge in [-0.3, -0.25) is 4.79 Å². The Kier molecular flexibility index (Phi) is 4.54. The Morgan fingerprint density at radius 2 is 2.13 bits per heavy atom. The molecule has 1 amide bonds. The number of carbonyl (C=O) groups excluding carboxylic acids is 1. The number of carbonyl (C=O) groups is 1. The summed E-state index contributed by atoms with van der Waals surface area (Å²) in [6.45, 7) is 6.13. The van der Waals surface area contributed by atoms with Crippen LogP contribution in [0.15, 0.2) is 0 Å². The lowest BCUT2D eigenvalue weighted by Crippen LogP contribution is -2.57. The van der Waals surface area contributed by atoms with E-state index in [-0.39, 0.29) is 5.91 Å². The van der Waals surface area contributed by atoms with E-state index in [1.807, 2.05) is 0 Å². The minimum atomic E-state index is -0.703. The van der Waals surface area contributed by atoms with Gasteiger partial charge in [0.15, 0.2) is 0 Å². The molecule has 1 atom stereocenters. The molecule has 0 bridgehead atoms. The fraction of sp³-hybridized carbons (Fsp3) is 0.909. The van der Waals surface area contributed by atoms with Crippen molar-refractivity contribution in [3.05, 3.63) is 0 Å². The van der Waals surface area contributed by atoms with Crippen molar-refractivity contribution in [2.24, 2.45) is 11.7 Å². The van der Waals surface area contributed by atoms with Crippen LogP contribution < -0.4 is 11.1 Å². The van der Waals surface area contributed by atoms with Crippen molar-refractivity contribution in [2.45, 2.75) is 38.6 Å². The third-order valence-electron chi connectivity index (χ3n) is 3.15. The van der Waals surface area contributed by atoms with E-state index in [1.54, 1.807) is 0 Å². The molecule has 4 heteroatoms. The first-order chi connectivity index (χ1) is 7.08. The molecule has 0 spiro atoms. The van der Waals surface area contributed by atoms with E-state index >= 15 is 0 Å². The fourth-order valence-electron chi connectivity index (χ4n) is 1.55. The summed E-state index contributed by atoms with van der Waals surface area (Å²) in [5.74, 6) is 0.489. The lowest BCUT2D eigenvalue weighted by atomic mass is 9.90. The normalized spacial score (nSPS) is 22.1.